The molecule has 0 heterocycles. The summed E-state index contributed by atoms with van der Waals surface area (Å²) in [4.78, 5) is 12.0. The van der Waals surface area contributed by atoms with Crippen LogP contribution in [0.5, 0.6) is 0 Å². The van der Waals surface area contributed by atoms with Crippen LogP contribution in [0.1, 0.15) is 57.6 Å². The van der Waals surface area contributed by atoms with E-state index in [0.29, 0.717) is 29.4 Å². The number of amides is 1. The third kappa shape index (κ3) is 6.31. The average molecular weight is 362 g/mol. The molecule has 1 aromatic carbocycles. The van der Waals surface area contributed by atoms with E-state index in [-0.39, 0.29) is 5.91 Å². The van der Waals surface area contributed by atoms with Crippen LogP contribution in [0.3, 0.4) is 0 Å². The molecule has 3 N–H and O–H groups in total. The van der Waals surface area contributed by atoms with Gasteiger partial charge in [-0.1, -0.05) is 57.9 Å². The largest absolute Gasteiger partial charge is 0.358 e. The van der Waals surface area contributed by atoms with Gasteiger partial charge in [-0.2, -0.15) is 0 Å². The molecule has 0 saturated heterocycles. The maximum Gasteiger partial charge on any atom is 0.238 e. The Kier molecular flexibility index (Phi) is 7.69. The fourth-order valence-electron chi connectivity index (χ4n) is 3.38. The van der Waals surface area contributed by atoms with Crippen molar-refractivity contribution in [2.45, 2.75) is 65.3 Å². The summed E-state index contributed by atoms with van der Waals surface area (Å²) in [5, 5.41) is 3.85. The van der Waals surface area contributed by atoms with Crippen LogP contribution in [0, 0.1) is 11.8 Å². The minimum Gasteiger partial charge on any atom is -0.358 e. The summed E-state index contributed by atoms with van der Waals surface area (Å²) in [7, 11) is 0. The number of aryl methyl sites for hydroxylation is 2. The minimum absolute atomic E-state index is 0.0474. The Labute approximate surface area is 157 Å². The first-order chi connectivity index (χ1) is 12.0. The van der Waals surface area contributed by atoms with Gasteiger partial charge in [-0.15, -0.1) is 0 Å². The molecule has 3 atom stereocenters. The first-order valence-corrected chi connectivity index (χ1v) is 9.83. The molecule has 0 spiro atoms. The minimum atomic E-state index is -0.0474. The monoisotopic (exact) mass is 361 g/mol. The zero-order chi connectivity index (χ0) is 18.2. The third-order valence-electron chi connectivity index (χ3n) is 5.41. The van der Waals surface area contributed by atoms with E-state index in [1.807, 2.05) is 0 Å². The number of hydrazine groups is 1. The summed E-state index contributed by atoms with van der Waals surface area (Å²) in [6.45, 7) is 6.70. The Hall–Kier alpha value is -1.62. The van der Waals surface area contributed by atoms with Crippen LogP contribution in [0.25, 0.3) is 0 Å². The molecule has 0 unspecified atom stereocenters. The molecular weight excluding hydrogens is 330 g/mol. The van der Waals surface area contributed by atoms with Crippen LogP contribution < -0.4 is 16.2 Å². The normalized spacial score (nSPS) is 22.9. The van der Waals surface area contributed by atoms with Crippen LogP contribution in [-0.2, 0) is 17.6 Å². The van der Waals surface area contributed by atoms with Crippen molar-refractivity contribution in [3.63, 3.8) is 0 Å². The Morgan fingerprint density at radius 2 is 1.80 bits per heavy atom. The van der Waals surface area contributed by atoms with Crippen LogP contribution in [-0.4, -0.2) is 17.1 Å². The van der Waals surface area contributed by atoms with Gasteiger partial charge < -0.3 is 5.32 Å². The zero-order valence-electron chi connectivity index (χ0n) is 15.6. The lowest BCUT2D eigenvalue weighted by Gasteiger charge is -2.35. The van der Waals surface area contributed by atoms with Crippen LogP contribution in [0.2, 0.25) is 0 Å². The van der Waals surface area contributed by atoms with Crippen molar-refractivity contribution in [3.05, 3.63) is 35.4 Å². The highest BCUT2D eigenvalue weighted by Crippen LogP contribution is 2.29. The van der Waals surface area contributed by atoms with E-state index in [1.165, 1.54) is 24.0 Å². The summed E-state index contributed by atoms with van der Waals surface area (Å²) in [5.41, 5.74) is 8.03. The van der Waals surface area contributed by atoms with Gasteiger partial charge in [0.25, 0.3) is 0 Å². The van der Waals surface area contributed by atoms with Gasteiger partial charge in [0, 0.05) is 12.5 Å². The predicted octanol–water partition coefficient (Wildman–Crippen LogP) is 3.50. The van der Waals surface area contributed by atoms with Gasteiger partial charge in [0.2, 0.25) is 5.91 Å². The molecule has 4 nitrogen and oxygen atoms in total. The zero-order valence-corrected chi connectivity index (χ0v) is 16.4. The molecular formula is C20H31N3OS. The number of thiocarbonyl (C=S) groups is 1. The molecule has 1 aliphatic rings. The molecule has 0 bridgehead atoms. The molecule has 1 aromatic rings. The van der Waals surface area contributed by atoms with Gasteiger partial charge in [0.15, 0.2) is 5.11 Å². The molecule has 138 valence electrons. The van der Waals surface area contributed by atoms with Gasteiger partial charge >= 0.3 is 0 Å². The van der Waals surface area contributed by atoms with Crippen molar-refractivity contribution in [1.29, 1.82) is 0 Å². The summed E-state index contributed by atoms with van der Waals surface area (Å²) in [6.07, 6.45) is 5.86. The third-order valence-corrected chi connectivity index (χ3v) is 5.63. The first-order valence-electron chi connectivity index (χ1n) is 9.42. The van der Waals surface area contributed by atoms with Gasteiger partial charge in [0.05, 0.1) is 0 Å². The van der Waals surface area contributed by atoms with Crippen molar-refractivity contribution < 1.29 is 4.79 Å². The number of nitrogens with one attached hydrogen (secondary N) is 3. The van der Waals surface area contributed by atoms with E-state index < -0.39 is 0 Å². The fourth-order valence-corrected chi connectivity index (χ4v) is 3.58. The summed E-state index contributed by atoms with van der Waals surface area (Å²) in [5.74, 6) is 1.26. The molecule has 1 amide bonds. The standard InChI is InChI=1S/C20H31N3OS/c1-4-16-8-10-17(11-9-16)12-13-19(24)22-23-20(25)21-18-7-5-6-14(2)15(18)3/h8-11,14-15,18H,4-7,12-13H2,1-3H3,(H,22,24)(H2,21,23,25)/t14-,15-,18-/m0/s1. The summed E-state index contributed by atoms with van der Waals surface area (Å²) in [6, 6.07) is 8.82. The van der Waals surface area contributed by atoms with E-state index in [4.69, 9.17) is 12.2 Å². The highest BCUT2D eigenvalue weighted by atomic mass is 32.1. The van der Waals surface area contributed by atoms with E-state index >= 15 is 0 Å². The number of rotatable bonds is 5. The topological polar surface area (TPSA) is 53.2 Å². The first kappa shape index (κ1) is 19.7. The average Bonchev–Trinajstić information content (AvgIpc) is 2.62. The maximum absolute atomic E-state index is 12.0. The molecule has 1 aliphatic carbocycles. The molecule has 1 fully saturated rings. The Morgan fingerprint density at radius 3 is 2.48 bits per heavy atom. The van der Waals surface area contributed by atoms with Crippen LogP contribution >= 0.6 is 12.2 Å². The molecule has 0 radical (unpaired) electrons. The second-order valence-electron chi connectivity index (χ2n) is 7.19. The van der Waals surface area contributed by atoms with Crippen molar-refractivity contribution >= 4 is 23.2 Å². The highest BCUT2D eigenvalue weighted by Gasteiger charge is 2.27. The van der Waals surface area contributed by atoms with Crippen molar-refractivity contribution in [1.82, 2.24) is 16.2 Å². The van der Waals surface area contributed by atoms with E-state index in [1.54, 1.807) is 0 Å². The molecule has 0 aromatic heterocycles. The lowest BCUT2D eigenvalue weighted by molar-refractivity contribution is -0.121. The van der Waals surface area contributed by atoms with Crippen molar-refractivity contribution in [2.24, 2.45) is 11.8 Å². The SMILES string of the molecule is CCc1ccc(CCC(=O)NNC(=S)N[C@H]2CCC[C@H](C)[C@@H]2C)cc1. The number of hydrogen-bond acceptors (Lipinski definition) is 2. The lowest BCUT2D eigenvalue weighted by atomic mass is 9.78. The second-order valence-corrected chi connectivity index (χ2v) is 7.60. The smallest absolute Gasteiger partial charge is 0.238 e. The molecule has 5 heteroatoms. The van der Waals surface area contributed by atoms with Gasteiger partial charge in [-0.05, 0) is 54.4 Å². The predicted molar refractivity (Wildman–Crippen MR) is 107 cm³/mol. The summed E-state index contributed by atoms with van der Waals surface area (Å²) >= 11 is 5.31. The number of carbonyl (C=O) groups is 1. The molecule has 1 saturated carbocycles. The highest BCUT2D eigenvalue weighted by molar-refractivity contribution is 7.80. The number of benzene rings is 1. The Balaban J connectivity index is 1.67. The Bertz CT molecular complexity index is 573. The second kappa shape index (κ2) is 9.76. The van der Waals surface area contributed by atoms with Gasteiger partial charge in [0.1, 0.15) is 0 Å². The molecule has 25 heavy (non-hydrogen) atoms. The van der Waals surface area contributed by atoms with Crippen LogP contribution in [0.4, 0.5) is 0 Å². The lowest BCUT2D eigenvalue weighted by Crippen LogP contribution is -2.52. The quantitative estimate of drug-likeness (QED) is 0.555. The van der Waals surface area contributed by atoms with Crippen molar-refractivity contribution in [2.75, 3.05) is 0 Å². The maximum atomic E-state index is 12.0. The van der Waals surface area contributed by atoms with E-state index in [0.717, 1.165) is 19.3 Å². The summed E-state index contributed by atoms with van der Waals surface area (Å²) < 4.78 is 0. The van der Waals surface area contributed by atoms with E-state index in [9.17, 15) is 4.79 Å². The van der Waals surface area contributed by atoms with Gasteiger partial charge in [-0.25, -0.2) is 0 Å². The van der Waals surface area contributed by atoms with Crippen LogP contribution in [0.15, 0.2) is 24.3 Å². The molecule has 0 aliphatic heterocycles. The Morgan fingerprint density at radius 1 is 1.12 bits per heavy atom. The number of hydrogen-bond donors (Lipinski definition) is 3. The van der Waals surface area contributed by atoms with E-state index in [2.05, 4.69) is 61.2 Å². The fraction of sp³-hybridized carbons (Fsp3) is 0.600. The molecule has 2 rings (SSSR count). The van der Waals surface area contributed by atoms with Gasteiger partial charge in [-0.3, -0.25) is 15.6 Å². The van der Waals surface area contributed by atoms with Crippen molar-refractivity contribution in [3.8, 4) is 0 Å². The number of carbonyl (C=O) groups excluding carboxylic acids is 1.